The molecule has 1 aromatic rings. The Morgan fingerprint density at radius 3 is 2.76 bits per heavy atom. The van der Waals surface area contributed by atoms with Crippen LogP contribution >= 0.6 is 15.9 Å². The van der Waals surface area contributed by atoms with Crippen molar-refractivity contribution in [1.29, 1.82) is 0 Å². The molecule has 0 spiro atoms. The molecule has 0 bridgehead atoms. The van der Waals surface area contributed by atoms with Crippen molar-refractivity contribution in [1.82, 2.24) is 10.2 Å². The number of halogens is 1. The summed E-state index contributed by atoms with van der Waals surface area (Å²) in [7, 11) is 0. The van der Waals surface area contributed by atoms with Gasteiger partial charge in [0.1, 0.15) is 0 Å². The van der Waals surface area contributed by atoms with Gasteiger partial charge in [0.05, 0.1) is 6.42 Å². The number of carbonyl (C=O) groups excluding carboxylic acids is 1. The quantitative estimate of drug-likeness (QED) is 0.790. The first-order valence-corrected chi connectivity index (χ1v) is 7.83. The highest BCUT2D eigenvalue weighted by molar-refractivity contribution is 9.10. The second-order valence-corrected chi connectivity index (χ2v) is 6.25. The number of aliphatic carboxylic acids is 1. The maximum Gasteiger partial charge on any atom is 0.317 e. The number of carboxylic acid groups (broad SMARTS) is 1. The van der Waals surface area contributed by atoms with Crippen LogP contribution in [-0.2, 0) is 11.3 Å². The summed E-state index contributed by atoms with van der Waals surface area (Å²) in [6.45, 7) is 1.42. The van der Waals surface area contributed by atoms with E-state index in [1.54, 1.807) is 4.90 Å². The van der Waals surface area contributed by atoms with Gasteiger partial charge in [-0.3, -0.25) is 4.79 Å². The molecule has 21 heavy (non-hydrogen) atoms. The normalized spacial score (nSPS) is 13.8. The number of carboxylic acids is 1. The molecule has 5 nitrogen and oxygen atoms in total. The third-order valence-electron chi connectivity index (χ3n) is 3.34. The van der Waals surface area contributed by atoms with Gasteiger partial charge in [0.15, 0.2) is 0 Å². The van der Waals surface area contributed by atoms with Crippen LogP contribution in [0.2, 0.25) is 0 Å². The molecule has 2 amide bonds. The largest absolute Gasteiger partial charge is 0.481 e. The molecule has 0 atom stereocenters. The molecule has 6 heteroatoms. The number of carbonyl (C=O) groups is 2. The Balaban J connectivity index is 1.93. The highest BCUT2D eigenvalue weighted by atomic mass is 79.9. The number of nitrogens with one attached hydrogen (secondary N) is 1. The van der Waals surface area contributed by atoms with E-state index < -0.39 is 5.97 Å². The molecule has 1 aliphatic rings. The number of nitrogens with zero attached hydrogens (tertiary/aromatic N) is 1. The van der Waals surface area contributed by atoms with Crippen LogP contribution in [0.3, 0.4) is 0 Å². The van der Waals surface area contributed by atoms with Crippen molar-refractivity contribution in [2.75, 3.05) is 13.1 Å². The Morgan fingerprint density at radius 1 is 1.38 bits per heavy atom. The predicted octanol–water partition coefficient (Wildman–Crippen LogP) is 2.85. The maximum absolute atomic E-state index is 12.2. The number of benzene rings is 1. The molecule has 2 rings (SSSR count). The van der Waals surface area contributed by atoms with Crippen molar-refractivity contribution < 1.29 is 14.7 Å². The number of amides is 2. The summed E-state index contributed by atoms with van der Waals surface area (Å²) >= 11 is 3.43. The first-order valence-electron chi connectivity index (χ1n) is 7.03. The van der Waals surface area contributed by atoms with Crippen LogP contribution in [0.1, 0.15) is 24.8 Å². The fourth-order valence-corrected chi connectivity index (χ4v) is 2.52. The Labute approximate surface area is 132 Å². The van der Waals surface area contributed by atoms with E-state index in [1.807, 2.05) is 24.3 Å². The van der Waals surface area contributed by atoms with E-state index >= 15 is 0 Å². The maximum atomic E-state index is 12.2. The van der Waals surface area contributed by atoms with Crippen molar-refractivity contribution >= 4 is 27.9 Å². The molecule has 2 N–H and O–H groups in total. The fraction of sp³-hybridized carbons (Fsp3) is 0.467. The van der Waals surface area contributed by atoms with Gasteiger partial charge in [0.2, 0.25) is 0 Å². The van der Waals surface area contributed by atoms with E-state index in [9.17, 15) is 9.59 Å². The second kappa shape index (κ2) is 7.45. The summed E-state index contributed by atoms with van der Waals surface area (Å²) in [5, 5.41) is 11.3. The average Bonchev–Trinajstić information content (AvgIpc) is 3.21. The van der Waals surface area contributed by atoms with Gasteiger partial charge in [0.25, 0.3) is 0 Å². The molecular formula is C15H19BrN2O3. The van der Waals surface area contributed by atoms with Crippen molar-refractivity contribution in [3.63, 3.8) is 0 Å². The first kappa shape index (κ1) is 15.8. The lowest BCUT2D eigenvalue weighted by molar-refractivity contribution is -0.136. The minimum Gasteiger partial charge on any atom is -0.481 e. The van der Waals surface area contributed by atoms with Crippen LogP contribution < -0.4 is 5.32 Å². The van der Waals surface area contributed by atoms with Gasteiger partial charge >= 0.3 is 12.0 Å². The molecule has 1 aliphatic carbocycles. The van der Waals surface area contributed by atoms with Gasteiger partial charge in [-0.05, 0) is 36.5 Å². The zero-order valence-electron chi connectivity index (χ0n) is 11.7. The van der Waals surface area contributed by atoms with E-state index in [0.29, 0.717) is 12.5 Å². The SMILES string of the molecule is O=C(O)CCNC(=O)N(Cc1cccc(Br)c1)CC1CC1. The summed E-state index contributed by atoms with van der Waals surface area (Å²) in [5.41, 5.74) is 1.05. The number of urea groups is 1. The molecule has 1 fully saturated rings. The second-order valence-electron chi connectivity index (χ2n) is 5.33. The van der Waals surface area contributed by atoms with Gasteiger partial charge in [-0.1, -0.05) is 28.1 Å². The van der Waals surface area contributed by atoms with Gasteiger partial charge < -0.3 is 15.3 Å². The van der Waals surface area contributed by atoms with Crippen LogP contribution in [0.15, 0.2) is 28.7 Å². The van der Waals surface area contributed by atoms with Gasteiger partial charge in [-0.15, -0.1) is 0 Å². The third-order valence-corrected chi connectivity index (χ3v) is 3.83. The Bertz CT molecular complexity index is 517. The van der Waals surface area contributed by atoms with Crippen molar-refractivity contribution in [3.05, 3.63) is 34.3 Å². The molecule has 1 saturated carbocycles. The summed E-state index contributed by atoms with van der Waals surface area (Å²) in [6, 6.07) is 7.67. The van der Waals surface area contributed by atoms with E-state index in [1.165, 1.54) is 0 Å². The lowest BCUT2D eigenvalue weighted by Gasteiger charge is -2.23. The van der Waals surface area contributed by atoms with Crippen LogP contribution in [0.25, 0.3) is 0 Å². The van der Waals surface area contributed by atoms with Crippen LogP contribution in [0.4, 0.5) is 4.79 Å². The Hall–Kier alpha value is -1.56. The Kier molecular flexibility index (Phi) is 5.61. The standard InChI is InChI=1S/C15H19BrN2O3/c16-13-3-1-2-12(8-13)10-18(9-11-4-5-11)15(21)17-7-6-14(19)20/h1-3,8,11H,4-7,9-10H2,(H,17,21)(H,19,20). The van der Waals surface area contributed by atoms with Crippen molar-refractivity contribution in [2.24, 2.45) is 5.92 Å². The monoisotopic (exact) mass is 354 g/mol. The summed E-state index contributed by atoms with van der Waals surface area (Å²) in [5.74, 6) is -0.321. The summed E-state index contributed by atoms with van der Waals surface area (Å²) < 4.78 is 0.984. The minimum atomic E-state index is -0.906. The molecule has 0 unspecified atom stereocenters. The van der Waals surface area contributed by atoms with Gasteiger partial charge in [0, 0.05) is 24.1 Å². The lowest BCUT2D eigenvalue weighted by atomic mass is 10.2. The summed E-state index contributed by atoms with van der Waals surface area (Å²) in [6.07, 6.45) is 2.27. The van der Waals surface area contributed by atoms with E-state index in [4.69, 9.17) is 5.11 Å². The highest BCUT2D eigenvalue weighted by Crippen LogP contribution is 2.30. The highest BCUT2D eigenvalue weighted by Gasteiger charge is 2.26. The van der Waals surface area contributed by atoms with Gasteiger partial charge in [-0.25, -0.2) is 4.79 Å². The molecule has 114 valence electrons. The molecule has 0 aliphatic heterocycles. The van der Waals surface area contributed by atoms with E-state index in [0.717, 1.165) is 29.4 Å². The van der Waals surface area contributed by atoms with Crippen LogP contribution in [-0.4, -0.2) is 35.1 Å². The number of hydrogen-bond acceptors (Lipinski definition) is 2. The molecular weight excluding hydrogens is 336 g/mol. The molecule has 0 heterocycles. The molecule has 0 radical (unpaired) electrons. The molecule has 0 saturated heterocycles. The van der Waals surface area contributed by atoms with E-state index in [2.05, 4.69) is 21.2 Å². The van der Waals surface area contributed by atoms with Gasteiger partial charge in [-0.2, -0.15) is 0 Å². The molecule has 0 aromatic heterocycles. The van der Waals surface area contributed by atoms with Crippen LogP contribution in [0.5, 0.6) is 0 Å². The number of hydrogen-bond donors (Lipinski definition) is 2. The van der Waals surface area contributed by atoms with Crippen molar-refractivity contribution in [2.45, 2.75) is 25.8 Å². The fourth-order valence-electron chi connectivity index (χ4n) is 2.08. The average molecular weight is 355 g/mol. The zero-order chi connectivity index (χ0) is 15.2. The minimum absolute atomic E-state index is 0.0557. The van der Waals surface area contributed by atoms with E-state index in [-0.39, 0.29) is 19.0 Å². The summed E-state index contributed by atoms with van der Waals surface area (Å²) in [4.78, 5) is 24.4. The molecule has 1 aromatic carbocycles. The first-order chi connectivity index (χ1) is 10.0. The third kappa shape index (κ3) is 5.75. The number of rotatable bonds is 7. The lowest BCUT2D eigenvalue weighted by Crippen LogP contribution is -2.41. The zero-order valence-corrected chi connectivity index (χ0v) is 13.3. The smallest absolute Gasteiger partial charge is 0.317 e. The Morgan fingerprint density at radius 2 is 2.14 bits per heavy atom. The predicted molar refractivity (Wildman–Crippen MR) is 82.9 cm³/mol. The topological polar surface area (TPSA) is 69.6 Å². The van der Waals surface area contributed by atoms with Crippen LogP contribution in [0, 0.1) is 5.92 Å². The van der Waals surface area contributed by atoms with Crippen molar-refractivity contribution in [3.8, 4) is 0 Å².